The van der Waals surface area contributed by atoms with E-state index in [2.05, 4.69) is 5.32 Å². The summed E-state index contributed by atoms with van der Waals surface area (Å²) in [4.78, 5) is 58.3. The van der Waals surface area contributed by atoms with Gasteiger partial charge in [-0.2, -0.15) is 0 Å². The van der Waals surface area contributed by atoms with E-state index in [1.807, 2.05) is 42.5 Å². The van der Waals surface area contributed by atoms with Crippen molar-refractivity contribution in [1.29, 1.82) is 0 Å². The Morgan fingerprint density at radius 1 is 0.970 bits per heavy atom. The Morgan fingerprint density at radius 2 is 1.64 bits per heavy atom. The van der Waals surface area contributed by atoms with Crippen LogP contribution in [0.1, 0.15) is 24.8 Å². The van der Waals surface area contributed by atoms with Gasteiger partial charge < -0.3 is 15.1 Å². The zero-order valence-electron chi connectivity index (χ0n) is 18.9. The number of benzene rings is 1. The molecule has 1 aromatic rings. The Labute approximate surface area is 193 Å². The highest BCUT2D eigenvalue weighted by Crippen LogP contribution is 2.45. The predicted molar refractivity (Wildman–Crippen MR) is 121 cm³/mol. The van der Waals surface area contributed by atoms with Gasteiger partial charge in [-0.15, -0.1) is 0 Å². The summed E-state index contributed by atoms with van der Waals surface area (Å²) < 4.78 is 0. The van der Waals surface area contributed by atoms with Gasteiger partial charge in [0.05, 0.1) is 17.9 Å². The van der Waals surface area contributed by atoms with E-state index in [4.69, 9.17) is 0 Å². The second kappa shape index (κ2) is 8.74. The number of carbonyl (C=O) groups is 4. The SMILES string of the molecule is CN1C(=O)C2C(C1=O)C(C(=O)N1CCNCC1)N(C(=O)C1CCC1)C2C=Cc1ccccc1. The molecule has 174 valence electrons. The standard InChI is InChI=1S/C25H30N4O4/c1-27-23(31)19-18(11-10-16-6-3-2-4-7-16)29(22(30)17-8-5-9-17)21(20(19)24(27)32)25(33)28-14-12-26-13-15-28/h2-4,6-7,10-11,17-21,26H,5,8-9,12-15H2,1H3. The Morgan fingerprint density at radius 3 is 2.27 bits per heavy atom. The molecular weight excluding hydrogens is 420 g/mol. The van der Waals surface area contributed by atoms with Crippen molar-refractivity contribution in [2.75, 3.05) is 33.2 Å². The van der Waals surface area contributed by atoms with E-state index in [1.165, 1.54) is 7.05 Å². The first-order valence-electron chi connectivity index (χ1n) is 11.9. The monoisotopic (exact) mass is 450 g/mol. The van der Waals surface area contributed by atoms with Crippen LogP contribution in [0.5, 0.6) is 0 Å². The summed E-state index contributed by atoms with van der Waals surface area (Å²) in [5.41, 5.74) is 0.937. The molecule has 4 fully saturated rings. The second-order valence-corrected chi connectivity index (χ2v) is 9.44. The van der Waals surface area contributed by atoms with Crippen molar-refractivity contribution in [3.63, 3.8) is 0 Å². The van der Waals surface area contributed by atoms with Crippen molar-refractivity contribution in [2.24, 2.45) is 17.8 Å². The van der Waals surface area contributed by atoms with Gasteiger partial charge in [0.15, 0.2) is 0 Å². The third-order valence-corrected chi connectivity index (χ3v) is 7.62. The molecule has 1 aliphatic carbocycles. The molecule has 33 heavy (non-hydrogen) atoms. The Hall–Kier alpha value is -3.00. The minimum atomic E-state index is -0.937. The average Bonchev–Trinajstić information content (AvgIpc) is 3.25. The highest BCUT2D eigenvalue weighted by atomic mass is 16.2. The zero-order valence-corrected chi connectivity index (χ0v) is 18.9. The molecule has 3 saturated heterocycles. The predicted octanol–water partition coefficient (Wildman–Crippen LogP) is 0.742. The number of imide groups is 1. The number of fused-ring (bicyclic) bond motifs is 1. The van der Waals surface area contributed by atoms with Crippen LogP contribution in [0.25, 0.3) is 6.08 Å². The summed E-state index contributed by atoms with van der Waals surface area (Å²) >= 11 is 0. The van der Waals surface area contributed by atoms with E-state index in [0.717, 1.165) is 29.7 Å². The molecule has 1 saturated carbocycles. The fourth-order valence-electron chi connectivity index (χ4n) is 5.57. The van der Waals surface area contributed by atoms with E-state index in [9.17, 15) is 19.2 Å². The number of nitrogens with zero attached hydrogens (tertiary/aromatic N) is 3. The second-order valence-electron chi connectivity index (χ2n) is 9.44. The molecule has 8 nitrogen and oxygen atoms in total. The van der Waals surface area contributed by atoms with Crippen LogP contribution in [0.15, 0.2) is 36.4 Å². The molecule has 0 aromatic heterocycles. The van der Waals surface area contributed by atoms with Crippen LogP contribution >= 0.6 is 0 Å². The van der Waals surface area contributed by atoms with Gasteiger partial charge in [0.1, 0.15) is 6.04 Å². The van der Waals surface area contributed by atoms with Crippen molar-refractivity contribution < 1.29 is 19.2 Å². The molecule has 8 heteroatoms. The summed E-state index contributed by atoms with van der Waals surface area (Å²) in [6, 6.07) is 8.09. The van der Waals surface area contributed by atoms with E-state index >= 15 is 0 Å². The molecule has 4 amide bonds. The lowest BCUT2D eigenvalue weighted by Crippen LogP contribution is -2.58. The van der Waals surface area contributed by atoms with Crippen LogP contribution in [0.3, 0.4) is 0 Å². The summed E-state index contributed by atoms with van der Waals surface area (Å²) in [5, 5.41) is 3.23. The Bertz CT molecular complexity index is 983. The summed E-state index contributed by atoms with van der Waals surface area (Å²) in [6.45, 7) is 2.40. The number of hydrogen-bond donors (Lipinski definition) is 1. The van der Waals surface area contributed by atoms with Crippen LogP contribution in [0.2, 0.25) is 0 Å². The summed E-state index contributed by atoms with van der Waals surface area (Å²) in [7, 11) is 1.48. The van der Waals surface area contributed by atoms with Crippen molar-refractivity contribution in [3.05, 3.63) is 42.0 Å². The van der Waals surface area contributed by atoms with Gasteiger partial charge in [0.2, 0.25) is 23.6 Å². The fraction of sp³-hybridized carbons (Fsp3) is 0.520. The molecule has 5 rings (SSSR count). The van der Waals surface area contributed by atoms with Crippen LogP contribution < -0.4 is 5.32 Å². The largest absolute Gasteiger partial charge is 0.338 e. The van der Waals surface area contributed by atoms with Gasteiger partial charge in [-0.05, 0) is 18.4 Å². The summed E-state index contributed by atoms with van der Waals surface area (Å²) in [6.07, 6.45) is 6.29. The van der Waals surface area contributed by atoms with Crippen molar-refractivity contribution in [1.82, 2.24) is 20.0 Å². The van der Waals surface area contributed by atoms with Gasteiger partial charge in [0.25, 0.3) is 0 Å². The highest BCUT2D eigenvalue weighted by Gasteiger charge is 2.64. The van der Waals surface area contributed by atoms with Gasteiger partial charge in [-0.25, -0.2) is 0 Å². The van der Waals surface area contributed by atoms with E-state index in [-0.39, 0.29) is 29.5 Å². The van der Waals surface area contributed by atoms with Crippen molar-refractivity contribution in [2.45, 2.75) is 31.3 Å². The van der Waals surface area contributed by atoms with Crippen LogP contribution in [0, 0.1) is 17.8 Å². The van der Waals surface area contributed by atoms with E-state index in [1.54, 1.807) is 9.80 Å². The smallest absolute Gasteiger partial charge is 0.246 e. The van der Waals surface area contributed by atoms with Gasteiger partial charge in [-0.1, -0.05) is 48.9 Å². The lowest BCUT2D eigenvalue weighted by atomic mass is 9.84. The lowest BCUT2D eigenvalue weighted by Gasteiger charge is -2.39. The third-order valence-electron chi connectivity index (χ3n) is 7.62. The lowest BCUT2D eigenvalue weighted by molar-refractivity contribution is -0.153. The minimum Gasteiger partial charge on any atom is -0.338 e. The van der Waals surface area contributed by atoms with Gasteiger partial charge >= 0.3 is 0 Å². The first-order chi connectivity index (χ1) is 16.0. The molecule has 3 heterocycles. The van der Waals surface area contributed by atoms with Crippen LogP contribution in [0.4, 0.5) is 0 Å². The number of carbonyl (C=O) groups excluding carboxylic acids is 4. The topological polar surface area (TPSA) is 90.0 Å². The fourth-order valence-corrected chi connectivity index (χ4v) is 5.57. The van der Waals surface area contributed by atoms with Gasteiger partial charge in [-0.3, -0.25) is 24.1 Å². The normalized spacial score (nSPS) is 30.2. The Kier molecular flexibility index (Phi) is 5.78. The molecule has 0 bridgehead atoms. The summed E-state index contributed by atoms with van der Waals surface area (Å²) in [5.74, 6) is -2.70. The molecule has 0 radical (unpaired) electrons. The van der Waals surface area contributed by atoms with Gasteiger partial charge in [0, 0.05) is 39.1 Å². The first kappa shape index (κ1) is 21.8. The van der Waals surface area contributed by atoms with Crippen molar-refractivity contribution in [3.8, 4) is 0 Å². The quantitative estimate of drug-likeness (QED) is 0.684. The molecular formula is C25H30N4O4. The molecule has 1 aromatic carbocycles. The maximum atomic E-state index is 13.8. The number of likely N-dealkylation sites (tertiary alicyclic amines) is 2. The zero-order chi connectivity index (χ0) is 23.1. The molecule has 3 aliphatic heterocycles. The molecule has 4 atom stereocenters. The number of piperazine rings is 1. The average molecular weight is 451 g/mol. The van der Waals surface area contributed by atoms with Crippen LogP contribution in [-0.2, 0) is 19.2 Å². The van der Waals surface area contributed by atoms with E-state index in [0.29, 0.717) is 26.2 Å². The third kappa shape index (κ3) is 3.66. The molecule has 4 aliphatic rings. The minimum absolute atomic E-state index is 0.102. The molecule has 0 spiro atoms. The van der Waals surface area contributed by atoms with E-state index < -0.39 is 23.9 Å². The number of hydrogen-bond acceptors (Lipinski definition) is 5. The maximum absolute atomic E-state index is 13.8. The maximum Gasteiger partial charge on any atom is 0.246 e. The molecule has 4 unspecified atom stereocenters. The first-order valence-corrected chi connectivity index (χ1v) is 11.9. The number of nitrogens with one attached hydrogen (secondary N) is 1. The van der Waals surface area contributed by atoms with Crippen LogP contribution in [-0.4, -0.2) is 83.6 Å². The number of amides is 4. The number of rotatable bonds is 4. The van der Waals surface area contributed by atoms with Crippen molar-refractivity contribution >= 4 is 29.7 Å². The highest BCUT2D eigenvalue weighted by molar-refractivity contribution is 6.10. The molecule has 1 N–H and O–H groups in total. The Balaban J connectivity index is 1.56.